The van der Waals surface area contributed by atoms with Crippen LogP contribution in [0.2, 0.25) is 0 Å². The fraction of sp³-hybridized carbons (Fsp3) is 0.172. The summed E-state index contributed by atoms with van der Waals surface area (Å²) in [7, 11) is 1.79. The van der Waals surface area contributed by atoms with Crippen LogP contribution in [0.1, 0.15) is 28.0 Å². The molecule has 0 saturated heterocycles. The van der Waals surface area contributed by atoms with Crippen LogP contribution in [-0.2, 0) is 6.42 Å². The van der Waals surface area contributed by atoms with E-state index in [2.05, 4.69) is 20.4 Å². The van der Waals surface area contributed by atoms with Crippen molar-refractivity contribution >= 4 is 5.91 Å². The molecule has 1 amide bonds. The number of carbonyl (C=O) groups is 1. The highest BCUT2D eigenvalue weighted by Gasteiger charge is 2.15. The summed E-state index contributed by atoms with van der Waals surface area (Å²) in [5, 5.41) is 15.6. The van der Waals surface area contributed by atoms with E-state index in [1.54, 1.807) is 36.2 Å². The molecule has 8 heteroatoms. The summed E-state index contributed by atoms with van der Waals surface area (Å²) in [6.45, 7) is 2.60. The third kappa shape index (κ3) is 5.64. The van der Waals surface area contributed by atoms with Crippen molar-refractivity contribution in [2.24, 2.45) is 0 Å². The van der Waals surface area contributed by atoms with Crippen LogP contribution in [0.4, 0.5) is 4.39 Å². The number of H-pyrrole nitrogens is 1. The molecule has 0 atom stereocenters. The van der Waals surface area contributed by atoms with E-state index >= 15 is 0 Å². The van der Waals surface area contributed by atoms with E-state index in [-0.39, 0.29) is 11.7 Å². The number of aromatic nitrogens is 4. The lowest BCUT2D eigenvalue weighted by atomic mass is 10.1. The third-order valence-corrected chi connectivity index (χ3v) is 6.13. The van der Waals surface area contributed by atoms with E-state index < -0.39 is 0 Å². The van der Waals surface area contributed by atoms with Gasteiger partial charge in [-0.25, -0.2) is 4.39 Å². The zero-order chi connectivity index (χ0) is 25.8. The monoisotopic (exact) mass is 495 g/mol. The molecule has 0 radical (unpaired) electrons. The Bertz CT molecular complexity index is 1510. The number of hydrogen-bond acceptors (Lipinski definition) is 5. The van der Waals surface area contributed by atoms with E-state index in [0.29, 0.717) is 23.9 Å². The molecule has 5 aromatic rings. The minimum atomic E-state index is -0.274. The van der Waals surface area contributed by atoms with Crippen molar-refractivity contribution in [1.29, 1.82) is 0 Å². The lowest BCUT2D eigenvalue weighted by Crippen LogP contribution is -2.28. The van der Waals surface area contributed by atoms with Crippen molar-refractivity contribution in [3.05, 3.63) is 102 Å². The summed E-state index contributed by atoms with van der Waals surface area (Å²) in [5.74, 6) is 0.530. The Kier molecular flexibility index (Phi) is 6.89. The van der Waals surface area contributed by atoms with Crippen molar-refractivity contribution < 1.29 is 13.6 Å². The topological polar surface area (TPSA) is 87.9 Å². The number of aryl methyl sites for hydroxylation is 2. The predicted octanol–water partition coefficient (Wildman–Crippen LogP) is 5.95. The summed E-state index contributed by atoms with van der Waals surface area (Å²) in [6.07, 6.45) is 1.51. The first-order chi connectivity index (χ1) is 18.0. The number of halogens is 1. The molecule has 3 aromatic carbocycles. The summed E-state index contributed by atoms with van der Waals surface area (Å²) in [5.41, 5.74) is 5.91. The first-order valence-corrected chi connectivity index (χ1v) is 12.0. The Morgan fingerprint density at radius 3 is 2.35 bits per heavy atom. The van der Waals surface area contributed by atoms with Crippen LogP contribution in [0.3, 0.4) is 0 Å². The van der Waals surface area contributed by atoms with Gasteiger partial charge in [-0.05, 0) is 86.5 Å². The minimum absolute atomic E-state index is 0.0610. The summed E-state index contributed by atoms with van der Waals surface area (Å²) in [4.78, 5) is 14.6. The lowest BCUT2D eigenvalue weighted by Gasteiger charge is -2.17. The first-order valence-electron chi connectivity index (χ1n) is 12.0. The van der Waals surface area contributed by atoms with E-state index in [4.69, 9.17) is 4.42 Å². The Labute approximate surface area is 214 Å². The number of nitrogens with zero attached hydrogens (tertiary/aromatic N) is 4. The second-order valence-corrected chi connectivity index (χ2v) is 8.97. The van der Waals surface area contributed by atoms with Gasteiger partial charge in [0, 0.05) is 41.5 Å². The van der Waals surface area contributed by atoms with Crippen LogP contribution in [0, 0.1) is 12.7 Å². The van der Waals surface area contributed by atoms with E-state index in [1.165, 1.54) is 12.1 Å². The van der Waals surface area contributed by atoms with Crippen molar-refractivity contribution in [3.8, 4) is 34.2 Å². The smallest absolute Gasteiger partial charge is 0.253 e. The molecule has 186 valence electrons. The molecule has 0 aliphatic carbocycles. The van der Waals surface area contributed by atoms with Gasteiger partial charge < -0.3 is 9.32 Å². The fourth-order valence-electron chi connectivity index (χ4n) is 4.08. The third-order valence-electron chi connectivity index (χ3n) is 6.13. The maximum Gasteiger partial charge on any atom is 0.253 e. The maximum atomic E-state index is 13.1. The van der Waals surface area contributed by atoms with Crippen LogP contribution in [0.25, 0.3) is 34.2 Å². The zero-order valence-corrected chi connectivity index (χ0v) is 20.6. The molecular weight excluding hydrogens is 469 g/mol. The van der Waals surface area contributed by atoms with Gasteiger partial charge in [-0.15, -0.1) is 10.2 Å². The van der Waals surface area contributed by atoms with Crippen LogP contribution < -0.4 is 0 Å². The van der Waals surface area contributed by atoms with Gasteiger partial charge in [0.1, 0.15) is 5.82 Å². The zero-order valence-electron chi connectivity index (χ0n) is 20.6. The molecule has 37 heavy (non-hydrogen) atoms. The van der Waals surface area contributed by atoms with Crippen LogP contribution >= 0.6 is 0 Å². The van der Waals surface area contributed by atoms with Crippen LogP contribution in [0.15, 0.2) is 83.3 Å². The van der Waals surface area contributed by atoms with E-state index in [1.807, 2.05) is 49.4 Å². The lowest BCUT2D eigenvalue weighted by molar-refractivity contribution is 0.0793. The van der Waals surface area contributed by atoms with E-state index in [9.17, 15) is 9.18 Å². The SMILES string of the molecule is Cc1cccc(-c2nnc(-c3ccc(C(=O)N(C)CCCc4cc(-c5ccc(F)cc5)n[nH]4)cc3)o2)c1. The largest absolute Gasteiger partial charge is 0.416 e. The maximum absolute atomic E-state index is 13.1. The molecule has 2 aromatic heterocycles. The molecule has 0 aliphatic heterocycles. The number of benzene rings is 3. The van der Waals surface area contributed by atoms with Gasteiger partial charge in [0.05, 0.1) is 5.69 Å². The quantitative estimate of drug-likeness (QED) is 0.288. The Morgan fingerprint density at radius 2 is 1.62 bits per heavy atom. The molecule has 0 bridgehead atoms. The molecule has 5 rings (SSSR count). The number of amides is 1. The van der Waals surface area contributed by atoms with Crippen LogP contribution in [0.5, 0.6) is 0 Å². The first kappa shape index (κ1) is 24.1. The summed E-state index contributed by atoms with van der Waals surface area (Å²) in [6, 6.07) is 23.3. The molecule has 7 nitrogen and oxygen atoms in total. The van der Waals surface area contributed by atoms with Crippen molar-refractivity contribution in [3.63, 3.8) is 0 Å². The summed E-state index contributed by atoms with van der Waals surface area (Å²) < 4.78 is 19.0. The van der Waals surface area contributed by atoms with Crippen molar-refractivity contribution in [1.82, 2.24) is 25.3 Å². The second-order valence-electron chi connectivity index (χ2n) is 8.97. The Morgan fingerprint density at radius 1 is 0.919 bits per heavy atom. The van der Waals surface area contributed by atoms with Crippen molar-refractivity contribution in [2.45, 2.75) is 19.8 Å². The van der Waals surface area contributed by atoms with Gasteiger partial charge in [0.2, 0.25) is 11.8 Å². The Hall–Kier alpha value is -4.59. The van der Waals surface area contributed by atoms with Crippen LogP contribution in [-0.4, -0.2) is 44.8 Å². The molecule has 0 saturated carbocycles. The van der Waals surface area contributed by atoms with Crippen molar-refractivity contribution in [2.75, 3.05) is 13.6 Å². The molecule has 1 N–H and O–H groups in total. The van der Waals surface area contributed by atoms with Gasteiger partial charge in [0.25, 0.3) is 5.91 Å². The van der Waals surface area contributed by atoms with Gasteiger partial charge >= 0.3 is 0 Å². The fourth-order valence-corrected chi connectivity index (χ4v) is 4.08. The number of hydrogen-bond donors (Lipinski definition) is 1. The van der Waals surface area contributed by atoms with Gasteiger partial charge in [-0.2, -0.15) is 5.10 Å². The van der Waals surface area contributed by atoms with Gasteiger partial charge in [-0.3, -0.25) is 9.89 Å². The highest BCUT2D eigenvalue weighted by molar-refractivity contribution is 5.94. The predicted molar refractivity (Wildman–Crippen MR) is 139 cm³/mol. The van der Waals surface area contributed by atoms with Gasteiger partial charge in [-0.1, -0.05) is 17.7 Å². The normalized spacial score (nSPS) is 11.0. The molecule has 0 fully saturated rings. The number of nitrogens with one attached hydrogen (secondary N) is 1. The number of rotatable bonds is 8. The number of carbonyl (C=O) groups excluding carboxylic acids is 1. The molecular formula is C29H26FN5O2. The number of aromatic amines is 1. The second kappa shape index (κ2) is 10.6. The highest BCUT2D eigenvalue weighted by Crippen LogP contribution is 2.25. The van der Waals surface area contributed by atoms with Gasteiger partial charge in [0.15, 0.2) is 0 Å². The standard InChI is InChI=1S/C29H26FN5O2/c1-19-5-3-6-23(17-19)28-34-33-27(37-28)21-8-10-22(11-9-21)29(36)35(2)16-4-7-25-18-26(32-31-25)20-12-14-24(30)15-13-20/h3,5-6,8-15,17-18H,4,7,16H2,1-2H3,(H,31,32). The molecule has 0 unspecified atom stereocenters. The molecule has 0 spiro atoms. The average molecular weight is 496 g/mol. The Balaban J connectivity index is 1.15. The van der Waals surface area contributed by atoms with E-state index in [0.717, 1.165) is 46.5 Å². The minimum Gasteiger partial charge on any atom is -0.416 e. The highest BCUT2D eigenvalue weighted by atomic mass is 19.1. The average Bonchev–Trinajstić information content (AvgIpc) is 3.59. The molecule has 2 heterocycles. The summed E-state index contributed by atoms with van der Waals surface area (Å²) >= 11 is 0. The molecule has 0 aliphatic rings.